The zero-order chi connectivity index (χ0) is 18.0. The Morgan fingerprint density at radius 3 is 2.44 bits per heavy atom. The second-order valence-electron chi connectivity index (χ2n) is 6.09. The van der Waals surface area contributed by atoms with Gasteiger partial charge in [-0.25, -0.2) is 13.4 Å². The molecule has 0 bridgehead atoms. The standard InChI is InChI=1S/C18H20N4O2S/c1-22(2)12-15-9-6-13-4-3-5-17(18(13)20-15)21-25(23,24)16-10-7-14(19)8-11-16/h3-11,21H,12,19H2,1-2H3. The number of anilines is 2. The summed E-state index contributed by atoms with van der Waals surface area (Å²) < 4.78 is 27.9. The molecule has 0 unspecified atom stereocenters. The van der Waals surface area contributed by atoms with Crippen molar-refractivity contribution in [2.24, 2.45) is 0 Å². The normalized spacial score (nSPS) is 11.8. The van der Waals surface area contributed by atoms with Crippen molar-refractivity contribution < 1.29 is 8.42 Å². The number of nitrogens with two attached hydrogens (primary N) is 1. The van der Waals surface area contributed by atoms with Crippen molar-refractivity contribution in [3.8, 4) is 0 Å². The molecular formula is C18H20N4O2S. The molecule has 3 N–H and O–H groups in total. The number of benzene rings is 2. The molecule has 7 heteroatoms. The molecule has 0 saturated carbocycles. The van der Waals surface area contributed by atoms with Gasteiger partial charge in [-0.2, -0.15) is 0 Å². The van der Waals surface area contributed by atoms with Gasteiger partial charge < -0.3 is 10.6 Å². The van der Waals surface area contributed by atoms with Crippen LogP contribution in [0.2, 0.25) is 0 Å². The van der Waals surface area contributed by atoms with Crippen LogP contribution in [-0.2, 0) is 16.6 Å². The summed E-state index contributed by atoms with van der Waals surface area (Å²) in [6.45, 7) is 0.676. The molecule has 3 aromatic rings. The summed E-state index contributed by atoms with van der Waals surface area (Å²) in [6.07, 6.45) is 0. The first-order valence-corrected chi connectivity index (χ1v) is 9.25. The van der Waals surface area contributed by atoms with Crippen molar-refractivity contribution in [3.05, 3.63) is 60.3 Å². The fourth-order valence-electron chi connectivity index (χ4n) is 2.53. The van der Waals surface area contributed by atoms with E-state index in [2.05, 4.69) is 9.71 Å². The van der Waals surface area contributed by atoms with Gasteiger partial charge in [0.15, 0.2) is 0 Å². The first-order valence-electron chi connectivity index (χ1n) is 7.77. The van der Waals surface area contributed by atoms with Crippen LogP contribution in [0, 0.1) is 0 Å². The second-order valence-corrected chi connectivity index (χ2v) is 7.77. The summed E-state index contributed by atoms with van der Waals surface area (Å²) in [7, 11) is 0.206. The minimum atomic E-state index is -3.71. The highest BCUT2D eigenvalue weighted by atomic mass is 32.2. The van der Waals surface area contributed by atoms with Crippen LogP contribution in [0.1, 0.15) is 5.69 Å². The summed E-state index contributed by atoms with van der Waals surface area (Å²) in [5.41, 5.74) is 8.09. The average molecular weight is 356 g/mol. The largest absolute Gasteiger partial charge is 0.399 e. The summed E-state index contributed by atoms with van der Waals surface area (Å²) in [5.74, 6) is 0. The Kier molecular flexibility index (Phi) is 4.61. The highest BCUT2D eigenvalue weighted by Crippen LogP contribution is 2.25. The molecule has 0 aliphatic heterocycles. The lowest BCUT2D eigenvalue weighted by molar-refractivity contribution is 0.397. The molecule has 0 aliphatic rings. The number of para-hydroxylation sites is 1. The molecule has 0 amide bonds. The Hall–Kier alpha value is -2.64. The average Bonchev–Trinajstić information content (AvgIpc) is 2.55. The number of aromatic nitrogens is 1. The van der Waals surface area contributed by atoms with E-state index in [1.54, 1.807) is 24.3 Å². The number of rotatable bonds is 5. The summed E-state index contributed by atoms with van der Waals surface area (Å²) in [5, 5.41) is 0.875. The maximum absolute atomic E-state index is 12.6. The minimum Gasteiger partial charge on any atom is -0.399 e. The molecule has 0 aliphatic carbocycles. The number of nitrogens with one attached hydrogen (secondary N) is 1. The highest BCUT2D eigenvalue weighted by molar-refractivity contribution is 7.92. The lowest BCUT2D eigenvalue weighted by atomic mass is 10.2. The minimum absolute atomic E-state index is 0.156. The molecule has 1 heterocycles. The molecular weight excluding hydrogens is 336 g/mol. The molecule has 0 atom stereocenters. The van der Waals surface area contributed by atoms with Gasteiger partial charge in [-0.15, -0.1) is 0 Å². The molecule has 25 heavy (non-hydrogen) atoms. The first-order chi connectivity index (χ1) is 11.8. The Morgan fingerprint density at radius 1 is 1.04 bits per heavy atom. The predicted molar refractivity (Wildman–Crippen MR) is 101 cm³/mol. The number of fused-ring (bicyclic) bond motifs is 1. The number of nitrogens with zero attached hydrogens (tertiary/aromatic N) is 2. The van der Waals surface area contributed by atoms with E-state index in [9.17, 15) is 8.42 Å². The summed E-state index contributed by atoms with van der Waals surface area (Å²) >= 11 is 0. The van der Waals surface area contributed by atoms with E-state index in [1.807, 2.05) is 37.2 Å². The fraction of sp³-hybridized carbons (Fsp3) is 0.167. The van der Waals surface area contributed by atoms with Crippen molar-refractivity contribution in [2.45, 2.75) is 11.4 Å². The molecule has 1 aromatic heterocycles. The number of hydrogen-bond donors (Lipinski definition) is 2. The summed E-state index contributed by atoms with van der Waals surface area (Å²) in [4.78, 5) is 6.78. The zero-order valence-electron chi connectivity index (χ0n) is 14.1. The Bertz CT molecular complexity index is 999. The maximum atomic E-state index is 12.6. The van der Waals surface area contributed by atoms with Crippen LogP contribution in [-0.4, -0.2) is 32.4 Å². The monoisotopic (exact) mass is 356 g/mol. The molecule has 0 spiro atoms. The van der Waals surface area contributed by atoms with Gasteiger partial charge in [0, 0.05) is 17.6 Å². The third-order valence-electron chi connectivity index (χ3n) is 3.69. The van der Waals surface area contributed by atoms with Crippen LogP contribution in [0.15, 0.2) is 59.5 Å². The van der Waals surface area contributed by atoms with Crippen molar-refractivity contribution in [3.63, 3.8) is 0 Å². The van der Waals surface area contributed by atoms with Gasteiger partial charge in [-0.05, 0) is 50.5 Å². The number of nitrogen functional groups attached to an aromatic ring is 1. The van der Waals surface area contributed by atoms with Gasteiger partial charge in [-0.1, -0.05) is 18.2 Å². The lowest BCUT2D eigenvalue weighted by Crippen LogP contribution is -2.14. The Morgan fingerprint density at radius 2 is 1.76 bits per heavy atom. The quantitative estimate of drug-likeness (QED) is 0.686. The summed E-state index contributed by atoms with van der Waals surface area (Å²) in [6, 6.07) is 15.4. The highest BCUT2D eigenvalue weighted by Gasteiger charge is 2.16. The van der Waals surface area contributed by atoms with Crippen LogP contribution in [0.3, 0.4) is 0 Å². The molecule has 6 nitrogen and oxygen atoms in total. The molecule has 130 valence electrons. The van der Waals surface area contributed by atoms with Gasteiger partial charge in [0.05, 0.1) is 21.8 Å². The van der Waals surface area contributed by atoms with Crippen LogP contribution in [0.4, 0.5) is 11.4 Å². The van der Waals surface area contributed by atoms with Gasteiger partial charge in [0.25, 0.3) is 10.0 Å². The Labute approximate surface area is 147 Å². The van der Waals surface area contributed by atoms with Gasteiger partial charge in [-0.3, -0.25) is 4.72 Å². The van der Waals surface area contributed by atoms with Crippen LogP contribution < -0.4 is 10.5 Å². The predicted octanol–water partition coefficient (Wildman–Crippen LogP) is 2.68. The third-order valence-corrected chi connectivity index (χ3v) is 5.07. The Balaban J connectivity index is 2.01. The van der Waals surface area contributed by atoms with Crippen LogP contribution >= 0.6 is 0 Å². The smallest absolute Gasteiger partial charge is 0.261 e. The topological polar surface area (TPSA) is 88.3 Å². The molecule has 2 aromatic carbocycles. The third kappa shape index (κ3) is 3.89. The molecule has 0 saturated heterocycles. The zero-order valence-corrected chi connectivity index (χ0v) is 14.9. The van der Waals surface area contributed by atoms with Crippen molar-refractivity contribution >= 4 is 32.3 Å². The van der Waals surface area contributed by atoms with E-state index >= 15 is 0 Å². The fourth-order valence-corrected chi connectivity index (χ4v) is 3.60. The van der Waals surface area contributed by atoms with E-state index in [0.29, 0.717) is 23.4 Å². The molecule has 0 fully saturated rings. The number of sulfonamides is 1. The maximum Gasteiger partial charge on any atom is 0.261 e. The number of hydrogen-bond acceptors (Lipinski definition) is 5. The second kappa shape index (κ2) is 6.70. The van der Waals surface area contributed by atoms with Crippen LogP contribution in [0.25, 0.3) is 10.9 Å². The first kappa shape index (κ1) is 17.2. The SMILES string of the molecule is CN(C)Cc1ccc2cccc(NS(=O)(=O)c3ccc(N)cc3)c2n1. The van der Waals surface area contributed by atoms with Gasteiger partial charge >= 0.3 is 0 Å². The van der Waals surface area contributed by atoms with Crippen molar-refractivity contribution in [1.82, 2.24) is 9.88 Å². The molecule has 0 radical (unpaired) electrons. The number of pyridine rings is 1. The van der Waals surface area contributed by atoms with E-state index in [1.165, 1.54) is 12.1 Å². The van der Waals surface area contributed by atoms with Gasteiger partial charge in [0.2, 0.25) is 0 Å². The van der Waals surface area contributed by atoms with Crippen LogP contribution in [0.5, 0.6) is 0 Å². The van der Waals surface area contributed by atoms with Crippen molar-refractivity contribution in [2.75, 3.05) is 24.6 Å². The van der Waals surface area contributed by atoms with E-state index in [-0.39, 0.29) is 4.90 Å². The van der Waals surface area contributed by atoms with E-state index < -0.39 is 10.0 Å². The lowest BCUT2D eigenvalue weighted by Gasteiger charge is -2.13. The van der Waals surface area contributed by atoms with E-state index in [0.717, 1.165) is 11.1 Å². The van der Waals surface area contributed by atoms with Crippen molar-refractivity contribution in [1.29, 1.82) is 0 Å². The van der Waals surface area contributed by atoms with Gasteiger partial charge in [0.1, 0.15) is 0 Å². The molecule has 3 rings (SSSR count). The van der Waals surface area contributed by atoms with E-state index in [4.69, 9.17) is 5.73 Å².